The van der Waals surface area contributed by atoms with Crippen molar-refractivity contribution in [2.75, 3.05) is 13.2 Å². The molecule has 4 nitrogen and oxygen atoms in total. The van der Waals surface area contributed by atoms with Gasteiger partial charge in [-0.05, 0) is 51.0 Å². The van der Waals surface area contributed by atoms with Crippen molar-refractivity contribution in [3.05, 3.63) is 0 Å². The highest BCUT2D eigenvalue weighted by atomic mass is 16.5. The quantitative estimate of drug-likeness (QED) is 0.735. The van der Waals surface area contributed by atoms with E-state index in [4.69, 9.17) is 10.5 Å². The largest absolute Gasteiger partial charge is 0.481 e. The van der Waals surface area contributed by atoms with Crippen LogP contribution in [0.25, 0.3) is 0 Å². The Morgan fingerprint density at radius 3 is 2.70 bits per heavy atom. The second-order valence-electron chi connectivity index (χ2n) is 6.57. The van der Waals surface area contributed by atoms with Gasteiger partial charge in [-0.15, -0.1) is 0 Å². The van der Waals surface area contributed by atoms with Crippen molar-refractivity contribution < 1.29 is 14.6 Å². The first-order chi connectivity index (χ1) is 9.67. The molecule has 3 N–H and O–H groups in total. The number of nitrogens with two attached hydrogens (primary N) is 1. The predicted molar refractivity (Wildman–Crippen MR) is 78.5 cm³/mol. The van der Waals surface area contributed by atoms with Crippen molar-refractivity contribution in [2.24, 2.45) is 17.6 Å². The van der Waals surface area contributed by atoms with Crippen LogP contribution in [0.3, 0.4) is 0 Å². The van der Waals surface area contributed by atoms with E-state index in [1.165, 1.54) is 19.3 Å². The molecule has 20 heavy (non-hydrogen) atoms. The van der Waals surface area contributed by atoms with Gasteiger partial charge in [-0.2, -0.15) is 0 Å². The maximum atomic E-state index is 11.6. The first-order valence-corrected chi connectivity index (χ1v) is 8.24. The maximum absolute atomic E-state index is 11.6. The van der Waals surface area contributed by atoms with E-state index in [9.17, 15) is 9.90 Å². The summed E-state index contributed by atoms with van der Waals surface area (Å²) in [6.07, 6.45) is 10.5. The average molecular weight is 283 g/mol. The standard InChI is InChI=1S/C16H29NO3/c17-10-5-2-6-14(15(18)19)13-7-11-20-16(12-13)8-3-1-4-9-16/h13-14H,1-12,17H2,(H,18,19). The number of unbranched alkanes of at least 4 members (excludes halogenated alkanes) is 1. The van der Waals surface area contributed by atoms with Crippen LogP contribution in [0.1, 0.15) is 64.2 Å². The molecule has 2 unspecified atom stereocenters. The third-order valence-corrected chi connectivity index (χ3v) is 5.15. The van der Waals surface area contributed by atoms with Gasteiger partial charge in [0.05, 0.1) is 11.5 Å². The first-order valence-electron chi connectivity index (χ1n) is 8.24. The molecular weight excluding hydrogens is 254 g/mol. The van der Waals surface area contributed by atoms with Crippen LogP contribution < -0.4 is 5.73 Å². The minimum atomic E-state index is -0.625. The second kappa shape index (κ2) is 7.41. The number of hydrogen-bond acceptors (Lipinski definition) is 3. The molecule has 1 aliphatic carbocycles. The van der Waals surface area contributed by atoms with Gasteiger partial charge in [-0.3, -0.25) is 4.79 Å². The molecule has 0 aromatic carbocycles. The highest BCUT2D eigenvalue weighted by Gasteiger charge is 2.42. The molecule has 116 valence electrons. The molecule has 1 aliphatic heterocycles. The van der Waals surface area contributed by atoms with Crippen LogP contribution in [0.2, 0.25) is 0 Å². The van der Waals surface area contributed by atoms with E-state index in [1.54, 1.807) is 0 Å². The normalized spacial score (nSPS) is 27.4. The third-order valence-electron chi connectivity index (χ3n) is 5.15. The van der Waals surface area contributed by atoms with Crippen LogP contribution in [0.15, 0.2) is 0 Å². The predicted octanol–water partition coefficient (Wildman–Crippen LogP) is 2.95. The van der Waals surface area contributed by atoms with Crippen LogP contribution in [0.4, 0.5) is 0 Å². The van der Waals surface area contributed by atoms with Crippen molar-refractivity contribution >= 4 is 5.97 Å². The molecular formula is C16H29NO3. The zero-order chi connectivity index (χ0) is 14.4. The van der Waals surface area contributed by atoms with Crippen molar-refractivity contribution in [1.82, 2.24) is 0 Å². The molecule has 0 aromatic rings. The van der Waals surface area contributed by atoms with Crippen LogP contribution in [0, 0.1) is 11.8 Å². The molecule has 0 radical (unpaired) electrons. The number of ether oxygens (including phenoxy) is 1. The number of aliphatic carboxylic acids is 1. The lowest BCUT2D eigenvalue weighted by atomic mass is 9.71. The van der Waals surface area contributed by atoms with Gasteiger partial charge in [-0.1, -0.05) is 25.7 Å². The molecule has 1 saturated heterocycles. The van der Waals surface area contributed by atoms with Crippen LogP contribution >= 0.6 is 0 Å². The fourth-order valence-electron chi connectivity index (χ4n) is 4.02. The van der Waals surface area contributed by atoms with Gasteiger partial charge >= 0.3 is 5.97 Å². The first kappa shape index (κ1) is 15.8. The molecule has 2 fully saturated rings. The van der Waals surface area contributed by atoms with Gasteiger partial charge in [-0.25, -0.2) is 0 Å². The molecule has 0 amide bonds. The van der Waals surface area contributed by atoms with Crippen LogP contribution in [-0.4, -0.2) is 29.8 Å². The molecule has 2 aliphatic rings. The zero-order valence-electron chi connectivity index (χ0n) is 12.5. The monoisotopic (exact) mass is 283 g/mol. The Kier molecular flexibility index (Phi) is 5.85. The molecule has 1 spiro atoms. The minimum Gasteiger partial charge on any atom is -0.481 e. The fourth-order valence-corrected chi connectivity index (χ4v) is 4.02. The Hall–Kier alpha value is -0.610. The second-order valence-corrected chi connectivity index (χ2v) is 6.57. The molecule has 1 heterocycles. The summed E-state index contributed by atoms with van der Waals surface area (Å²) in [5.41, 5.74) is 5.52. The van der Waals surface area contributed by atoms with Gasteiger partial charge in [0.25, 0.3) is 0 Å². The summed E-state index contributed by atoms with van der Waals surface area (Å²) in [6, 6.07) is 0. The van der Waals surface area contributed by atoms with E-state index in [0.29, 0.717) is 6.54 Å². The zero-order valence-corrected chi connectivity index (χ0v) is 12.5. The SMILES string of the molecule is NCCCCC(C(=O)O)C1CCOC2(CCCCC2)C1. The Morgan fingerprint density at radius 2 is 2.05 bits per heavy atom. The lowest BCUT2D eigenvalue weighted by Crippen LogP contribution is -2.44. The fraction of sp³-hybridized carbons (Fsp3) is 0.938. The van der Waals surface area contributed by atoms with Crippen LogP contribution in [-0.2, 0) is 9.53 Å². The van der Waals surface area contributed by atoms with E-state index in [-0.39, 0.29) is 17.4 Å². The third kappa shape index (κ3) is 3.95. The summed E-state index contributed by atoms with van der Waals surface area (Å²) in [4.78, 5) is 11.6. The maximum Gasteiger partial charge on any atom is 0.306 e. The van der Waals surface area contributed by atoms with Gasteiger partial charge in [0.1, 0.15) is 0 Å². The van der Waals surface area contributed by atoms with Crippen molar-refractivity contribution in [3.8, 4) is 0 Å². The topological polar surface area (TPSA) is 72.6 Å². The number of rotatable bonds is 6. The van der Waals surface area contributed by atoms with Crippen molar-refractivity contribution in [1.29, 1.82) is 0 Å². The summed E-state index contributed by atoms with van der Waals surface area (Å²) in [5.74, 6) is -0.541. The number of carbonyl (C=O) groups is 1. The van der Waals surface area contributed by atoms with Crippen molar-refractivity contribution in [2.45, 2.75) is 69.8 Å². The van der Waals surface area contributed by atoms with Gasteiger partial charge in [0.15, 0.2) is 0 Å². The minimum absolute atomic E-state index is 0.00271. The Morgan fingerprint density at radius 1 is 1.30 bits per heavy atom. The summed E-state index contributed by atoms with van der Waals surface area (Å²) in [7, 11) is 0. The number of carboxylic acid groups (broad SMARTS) is 1. The molecule has 2 rings (SSSR count). The summed E-state index contributed by atoms with van der Waals surface area (Å²) in [5, 5.41) is 9.54. The lowest BCUT2D eigenvalue weighted by molar-refractivity contribution is -0.154. The smallest absolute Gasteiger partial charge is 0.306 e. The average Bonchev–Trinajstić information content (AvgIpc) is 2.44. The van der Waals surface area contributed by atoms with Crippen LogP contribution in [0.5, 0.6) is 0 Å². The Balaban J connectivity index is 1.95. The number of hydrogen-bond donors (Lipinski definition) is 2. The van der Waals surface area contributed by atoms with E-state index >= 15 is 0 Å². The van der Waals surface area contributed by atoms with E-state index in [2.05, 4.69) is 0 Å². The van der Waals surface area contributed by atoms with E-state index in [1.807, 2.05) is 0 Å². The molecule has 4 heteroatoms. The van der Waals surface area contributed by atoms with Gasteiger partial charge in [0, 0.05) is 6.61 Å². The van der Waals surface area contributed by atoms with E-state index in [0.717, 1.165) is 51.6 Å². The molecule has 2 atom stereocenters. The molecule has 1 saturated carbocycles. The highest BCUT2D eigenvalue weighted by Crippen LogP contribution is 2.43. The van der Waals surface area contributed by atoms with E-state index < -0.39 is 5.97 Å². The number of carboxylic acids is 1. The van der Waals surface area contributed by atoms with Crippen molar-refractivity contribution in [3.63, 3.8) is 0 Å². The van der Waals surface area contributed by atoms with Gasteiger partial charge < -0.3 is 15.6 Å². The molecule has 0 bridgehead atoms. The summed E-state index contributed by atoms with van der Waals surface area (Å²) < 4.78 is 6.08. The summed E-state index contributed by atoms with van der Waals surface area (Å²) >= 11 is 0. The highest BCUT2D eigenvalue weighted by molar-refractivity contribution is 5.70. The molecule has 0 aromatic heterocycles. The summed E-state index contributed by atoms with van der Waals surface area (Å²) in [6.45, 7) is 1.40. The van der Waals surface area contributed by atoms with Gasteiger partial charge in [0.2, 0.25) is 0 Å². The Labute approximate surface area is 122 Å². The Bertz CT molecular complexity index is 307. The lowest BCUT2D eigenvalue weighted by Gasteiger charge is -2.45.